The van der Waals surface area contributed by atoms with Crippen LogP contribution in [0.1, 0.15) is 36.8 Å². The van der Waals surface area contributed by atoms with Gasteiger partial charge >= 0.3 is 6.03 Å². The lowest BCUT2D eigenvalue weighted by Crippen LogP contribution is -2.46. The van der Waals surface area contributed by atoms with Crippen LogP contribution in [0.25, 0.3) is 0 Å². The van der Waals surface area contributed by atoms with Crippen LogP contribution in [0.15, 0.2) is 30.3 Å². The molecular weight excluding hydrogens is 320 g/mol. The van der Waals surface area contributed by atoms with Gasteiger partial charge in [-0.25, -0.2) is 9.78 Å². The van der Waals surface area contributed by atoms with E-state index >= 15 is 0 Å². The zero-order valence-electron chi connectivity index (χ0n) is 13.7. The average molecular weight is 340 g/mol. The number of carbonyl (C=O) groups excluding carboxylic acids is 2. The van der Waals surface area contributed by atoms with Gasteiger partial charge in [-0.15, -0.1) is 0 Å². The van der Waals surface area contributed by atoms with Gasteiger partial charge in [-0.3, -0.25) is 9.89 Å². The van der Waals surface area contributed by atoms with Crippen molar-refractivity contribution in [2.45, 2.75) is 37.8 Å². The quantitative estimate of drug-likeness (QED) is 0.763. The van der Waals surface area contributed by atoms with Crippen LogP contribution in [0.2, 0.25) is 0 Å². The molecule has 1 unspecified atom stereocenters. The lowest BCUT2D eigenvalue weighted by Gasteiger charge is -2.17. The molecule has 1 saturated carbocycles. The Labute approximate surface area is 145 Å². The second kappa shape index (κ2) is 6.54. The molecule has 25 heavy (non-hydrogen) atoms. The lowest BCUT2D eigenvalue weighted by atomic mass is 10.2. The second-order valence-electron chi connectivity index (χ2n) is 6.41. The summed E-state index contributed by atoms with van der Waals surface area (Å²) in [6.07, 6.45) is 2.86. The molecule has 1 aromatic carbocycles. The number of benzene rings is 1. The van der Waals surface area contributed by atoms with E-state index in [1.54, 1.807) is 4.90 Å². The topological polar surface area (TPSA) is 103 Å². The van der Waals surface area contributed by atoms with Gasteiger partial charge in [0.1, 0.15) is 11.9 Å². The van der Waals surface area contributed by atoms with E-state index < -0.39 is 6.04 Å². The van der Waals surface area contributed by atoms with E-state index in [9.17, 15) is 9.59 Å². The predicted molar refractivity (Wildman–Crippen MR) is 90.9 cm³/mol. The number of amides is 3. The molecule has 1 saturated heterocycles. The van der Waals surface area contributed by atoms with Gasteiger partial charge in [-0.2, -0.15) is 5.10 Å². The van der Waals surface area contributed by atoms with E-state index in [4.69, 9.17) is 0 Å². The Bertz CT molecular complexity index is 770. The first-order valence-electron chi connectivity index (χ1n) is 8.52. The van der Waals surface area contributed by atoms with Gasteiger partial charge in [-0.1, -0.05) is 18.2 Å². The van der Waals surface area contributed by atoms with E-state index in [1.807, 2.05) is 30.3 Å². The minimum Gasteiger partial charge on any atom is -0.331 e. The van der Waals surface area contributed by atoms with Crippen LogP contribution in [-0.4, -0.2) is 39.7 Å². The molecule has 0 spiro atoms. The van der Waals surface area contributed by atoms with Crippen LogP contribution >= 0.6 is 0 Å². The van der Waals surface area contributed by atoms with Crippen molar-refractivity contribution in [3.63, 3.8) is 0 Å². The Morgan fingerprint density at radius 1 is 1.24 bits per heavy atom. The Kier molecular flexibility index (Phi) is 4.09. The molecule has 1 aliphatic carbocycles. The Morgan fingerprint density at radius 2 is 2.04 bits per heavy atom. The number of carbonyl (C=O) groups is 2. The highest BCUT2D eigenvalue weighted by Crippen LogP contribution is 2.37. The number of urea groups is 1. The van der Waals surface area contributed by atoms with E-state index in [0.717, 1.165) is 24.4 Å². The molecule has 4 rings (SSSR count). The number of nitrogens with zero attached hydrogens (tertiary/aromatic N) is 3. The molecule has 8 nitrogen and oxygen atoms in total. The first-order chi connectivity index (χ1) is 12.2. The fourth-order valence-electron chi connectivity index (χ4n) is 2.96. The monoisotopic (exact) mass is 340 g/mol. The fraction of sp³-hybridized carbons (Fsp3) is 0.412. The number of aromatic amines is 1. The van der Waals surface area contributed by atoms with Crippen molar-refractivity contribution < 1.29 is 9.59 Å². The molecule has 2 aromatic rings. The third-order valence-corrected chi connectivity index (χ3v) is 4.49. The minimum atomic E-state index is -0.503. The Hall–Kier alpha value is -2.90. The van der Waals surface area contributed by atoms with E-state index in [-0.39, 0.29) is 18.5 Å². The third kappa shape index (κ3) is 3.47. The maximum absolute atomic E-state index is 12.5. The number of para-hydroxylation sites is 1. The van der Waals surface area contributed by atoms with Crippen LogP contribution in [0, 0.1) is 0 Å². The van der Waals surface area contributed by atoms with Crippen molar-refractivity contribution in [1.82, 2.24) is 25.8 Å². The molecule has 2 aliphatic rings. The number of hydrogen-bond acceptors (Lipinski definition) is 4. The number of H-pyrrole nitrogens is 1. The third-order valence-electron chi connectivity index (χ3n) is 4.49. The predicted octanol–water partition coefficient (Wildman–Crippen LogP) is 1.29. The maximum Gasteiger partial charge on any atom is 0.315 e. The molecule has 2 heterocycles. The summed E-state index contributed by atoms with van der Waals surface area (Å²) in [6, 6.07) is 8.59. The van der Waals surface area contributed by atoms with Gasteiger partial charge < -0.3 is 15.5 Å². The standard InChI is InChI=1S/C17H20N6O2/c24-16-13(8-9-23(16)12-4-2-1-3-5-12)19-17(25)18-10-14-20-15(22-21-14)11-6-7-11/h1-5,11,13H,6-10H2,(H2,18,19,25)(H,20,21,22). The summed E-state index contributed by atoms with van der Waals surface area (Å²) in [6.45, 7) is 0.857. The highest BCUT2D eigenvalue weighted by molar-refractivity contribution is 6.01. The molecule has 130 valence electrons. The minimum absolute atomic E-state index is 0.0861. The lowest BCUT2D eigenvalue weighted by molar-refractivity contribution is -0.118. The highest BCUT2D eigenvalue weighted by atomic mass is 16.2. The van der Waals surface area contributed by atoms with Crippen LogP contribution in [-0.2, 0) is 11.3 Å². The van der Waals surface area contributed by atoms with E-state index in [0.29, 0.717) is 24.7 Å². The zero-order valence-corrected chi connectivity index (χ0v) is 13.7. The van der Waals surface area contributed by atoms with Crippen LogP contribution < -0.4 is 15.5 Å². The van der Waals surface area contributed by atoms with Gasteiger partial charge in [0.25, 0.3) is 0 Å². The summed E-state index contributed by atoms with van der Waals surface area (Å²) in [5.41, 5.74) is 0.853. The van der Waals surface area contributed by atoms with Crippen molar-refractivity contribution in [2.75, 3.05) is 11.4 Å². The fourth-order valence-corrected chi connectivity index (χ4v) is 2.96. The molecule has 8 heteroatoms. The summed E-state index contributed by atoms with van der Waals surface area (Å²) in [5, 5.41) is 12.4. The SMILES string of the molecule is O=C(NCc1nc(C2CC2)n[nH]1)NC1CCN(c2ccccc2)C1=O. The molecule has 3 N–H and O–H groups in total. The summed E-state index contributed by atoms with van der Waals surface area (Å²) in [7, 11) is 0. The summed E-state index contributed by atoms with van der Waals surface area (Å²) in [5.74, 6) is 1.83. The first-order valence-corrected chi connectivity index (χ1v) is 8.52. The summed E-state index contributed by atoms with van der Waals surface area (Å²) in [4.78, 5) is 30.6. The molecule has 0 bridgehead atoms. The summed E-state index contributed by atoms with van der Waals surface area (Å²) < 4.78 is 0. The molecule has 1 aromatic heterocycles. The van der Waals surface area contributed by atoms with Gasteiger partial charge in [0.05, 0.1) is 6.54 Å². The Morgan fingerprint density at radius 3 is 2.80 bits per heavy atom. The zero-order chi connectivity index (χ0) is 17.2. The average Bonchev–Trinajstić information content (AvgIpc) is 3.27. The van der Waals surface area contributed by atoms with Crippen molar-refractivity contribution in [1.29, 1.82) is 0 Å². The van der Waals surface area contributed by atoms with Crippen molar-refractivity contribution in [2.24, 2.45) is 0 Å². The summed E-state index contributed by atoms with van der Waals surface area (Å²) >= 11 is 0. The number of rotatable bonds is 5. The molecule has 0 radical (unpaired) electrons. The van der Waals surface area contributed by atoms with Crippen molar-refractivity contribution >= 4 is 17.6 Å². The molecule has 1 aliphatic heterocycles. The molecule has 2 fully saturated rings. The largest absolute Gasteiger partial charge is 0.331 e. The molecular formula is C17H20N6O2. The second-order valence-corrected chi connectivity index (χ2v) is 6.41. The van der Waals surface area contributed by atoms with Gasteiger partial charge in [0.2, 0.25) is 5.91 Å². The van der Waals surface area contributed by atoms with Gasteiger partial charge in [-0.05, 0) is 31.4 Å². The van der Waals surface area contributed by atoms with E-state index in [2.05, 4.69) is 25.8 Å². The Balaban J connectivity index is 1.28. The number of nitrogens with one attached hydrogen (secondary N) is 3. The van der Waals surface area contributed by atoms with Gasteiger partial charge in [0, 0.05) is 18.2 Å². The van der Waals surface area contributed by atoms with Crippen LogP contribution in [0.4, 0.5) is 10.5 Å². The van der Waals surface area contributed by atoms with Crippen LogP contribution in [0.3, 0.4) is 0 Å². The van der Waals surface area contributed by atoms with Crippen molar-refractivity contribution in [3.05, 3.63) is 42.0 Å². The highest BCUT2D eigenvalue weighted by Gasteiger charge is 2.33. The maximum atomic E-state index is 12.5. The van der Waals surface area contributed by atoms with E-state index in [1.165, 1.54) is 0 Å². The first kappa shape index (κ1) is 15.6. The molecule has 3 amide bonds. The normalized spacial score (nSPS) is 19.9. The number of hydrogen-bond donors (Lipinski definition) is 3. The smallest absolute Gasteiger partial charge is 0.315 e. The molecule has 1 atom stereocenters. The number of aromatic nitrogens is 3. The van der Waals surface area contributed by atoms with Crippen molar-refractivity contribution in [3.8, 4) is 0 Å². The van der Waals surface area contributed by atoms with Gasteiger partial charge in [0.15, 0.2) is 5.82 Å². The number of anilines is 1. The van der Waals surface area contributed by atoms with Crippen LogP contribution in [0.5, 0.6) is 0 Å².